The number of nitrogens with one attached hydrogen (secondary N) is 1. The van der Waals surface area contributed by atoms with Crippen molar-refractivity contribution >= 4 is 11.9 Å². The van der Waals surface area contributed by atoms with Crippen molar-refractivity contribution in [2.45, 2.75) is 32.3 Å². The van der Waals surface area contributed by atoms with Gasteiger partial charge in [0.2, 0.25) is 5.95 Å². The molecule has 0 aliphatic carbocycles. The van der Waals surface area contributed by atoms with E-state index in [1.165, 1.54) is 6.07 Å². The average Bonchev–Trinajstić information content (AvgIpc) is 2.66. The summed E-state index contributed by atoms with van der Waals surface area (Å²) in [5.74, 6) is 0.0453. The summed E-state index contributed by atoms with van der Waals surface area (Å²) in [6.45, 7) is 3.99. The largest absolute Gasteiger partial charge is 0.376 e. The van der Waals surface area contributed by atoms with Gasteiger partial charge in [-0.25, -0.2) is 4.98 Å². The zero-order valence-electron chi connectivity index (χ0n) is 14.9. The first-order valence-corrected chi connectivity index (χ1v) is 8.95. The van der Waals surface area contributed by atoms with Crippen LogP contribution in [0.4, 0.5) is 5.95 Å². The quantitative estimate of drug-likeness (QED) is 0.854. The number of nitrogens with zero attached hydrogens (tertiary/aromatic N) is 2. The van der Waals surface area contributed by atoms with E-state index < -0.39 is 0 Å². The van der Waals surface area contributed by atoms with Crippen LogP contribution in [0, 0.1) is 0 Å². The van der Waals surface area contributed by atoms with Crippen LogP contribution in [0.2, 0.25) is 0 Å². The Balaban J connectivity index is 1.73. The first kappa shape index (κ1) is 18.1. The van der Waals surface area contributed by atoms with Gasteiger partial charge in [-0.2, -0.15) is 0 Å². The predicted molar refractivity (Wildman–Crippen MR) is 99.9 cm³/mol. The summed E-state index contributed by atoms with van der Waals surface area (Å²) < 4.78 is 5.75. The van der Waals surface area contributed by atoms with Gasteiger partial charge in [0.1, 0.15) is 0 Å². The number of carbonyl (C=O) groups excluding carboxylic acids is 1. The van der Waals surface area contributed by atoms with Crippen molar-refractivity contribution < 1.29 is 9.53 Å². The van der Waals surface area contributed by atoms with Crippen molar-refractivity contribution in [3.63, 3.8) is 0 Å². The SMILES string of the molecule is CCN(C[C@@H]1CCCCO1)C(=O)c1ccc(-c2cc(=O)[nH]c(N)n2)cc1. The number of rotatable bonds is 5. The fourth-order valence-electron chi connectivity index (χ4n) is 3.14. The predicted octanol–water partition coefficient (Wildman–Crippen LogP) is 2.05. The summed E-state index contributed by atoms with van der Waals surface area (Å²) in [4.78, 5) is 32.7. The maximum atomic E-state index is 12.8. The third-order valence-electron chi connectivity index (χ3n) is 4.55. The molecule has 138 valence electrons. The second kappa shape index (κ2) is 8.14. The van der Waals surface area contributed by atoms with Crippen LogP contribution < -0.4 is 11.3 Å². The highest BCUT2D eigenvalue weighted by Gasteiger charge is 2.21. The minimum Gasteiger partial charge on any atom is -0.376 e. The van der Waals surface area contributed by atoms with Gasteiger partial charge in [0.05, 0.1) is 11.8 Å². The van der Waals surface area contributed by atoms with Crippen LogP contribution in [0.25, 0.3) is 11.3 Å². The molecule has 0 bridgehead atoms. The maximum absolute atomic E-state index is 12.8. The number of aromatic nitrogens is 2. The zero-order chi connectivity index (χ0) is 18.5. The highest BCUT2D eigenvalue weighted by molar-refractivity contribution is 5.94. The van der Waals surface area contributed by atoms with E-state index in [0.717, 1.165) is 31.4 Å². The van der Waals surface area contributed by atoms with E-state index in [2.05, 4.69) is 9.97 Å². The van der Waals surface area contributed by atoms with Crippen molar-refractivity contribution in [1.82, 2.24) is 14.9 Å². The van der Waals surface area contributed by atoms with E-state index in [1.54, 1.807) is 24.3 Å². The summed E-state index contributed by atoms with van der Waals surface area (Å²) in [7, 11) is 0. The van der Waals surface area contributed by atoms with Gasteiger partial charge in [-0.05, 0) is 38.3 Å². The number of carbonyl (C=O) groups is 1. The van der Waals surface area contributed by atoms with Crippen molar-refractivity contribution in [2.24, 2.45) is 0 Å². The molecule has 1 aliphatic rings. The molecule has 3 N–H and O–H groups in total. The lowest BCUT2D eigenvalue weighted by molar-refractivity contribution is -0.00311. The highest BCUT2D eigenvalue weighted by Crippen LogP contribution is 2.19. The number of ether oxygens (including phenoxy) is 1. The maximum Gasteiger partial charge on any atom is 0.253 e. The first-order valence-electron chi connectivity index (χ1n) is 8.95. The fraction of sp³-hybridized carbons (Fsp3) is 0.421. The van der Waals surface area contributed by atoms with E-state index in [4.69, 9.17) is 10.5 Å². The Kier molecular flexibility index (Phi) is 5.68. The van der Waals surface area contributed by atoms with Crippen LogP contribution in [0.5, 0.6) is 0 Å². The molecule has 0 unspecified atom stereocenters. The Bertz CT molecular complexity index is 810. The summed E-state index contributed by atoms with van der Waals surface area (Å²) >= 11 is 0. The van der Waals surface area contributed by atoms with Crippen LogP contribution in [-0.4, -0.2) is 46.6 Å². The van der Waals surface area contributed by atoms with E-state index in [9.17, 15) is 9.59 Å². The second-order valence-corrected chi connectivity index (χ2v) is 6.43. The summed E-state index contributed by atoms with van der Waals surface area (Å²) in [5.41, 5.74) is 7.09. The molecule has 1 fully saturated rings. The molecule has 1 aromatic heterocycles. The molecule has 26 heavy (non-hydrogen) atoms. The third-order valence-corrected chi connectivity index (χ3v) is 4.55. The molecule has 1 amide bonds. The lowest BCUT2D eigenvalue weighted by atomic mass is 10.1. The number of hydrogen-bond acceptors (Lipinski definition) is 5. The smallest absolute Gasteiger partial charge is 0.253 e. The van der Waals surface area contributed by atoms with Crippen LogP contribution in [-0.2, 0) is 4.74 Å². The number of nitrogens with two attached hydrogens (primary N) is 1. The van der Waals surface area contributed by atoms with Gasteiger partial charge in [-0.15, -0.1) is 0 Å². The molecule has 0 radical (unpaired) electrons. The van der Waals surface area contributed by atoms with Gasteiger partial charge in [0.15, 0.2) is 0 Å². The van der Waals surface area contributed by atoms with Gasteiger partial charge in [-0.3, -0.25) is 14.6 Å². The van der Waals surface area contributed by atoms with E-state index in [0.29, 0.717) is 24.3 Å². The molecule has 1 aliphatic heterocycles. The van der Waals surface area contributed by atoms with Gasteiger partial charge in [-0.1, -0.05) is 12.1 Å². The number of nitrogen functional groups attached to an aromatic ring is 1. The Morgan fingerprint density at radius 1 is 1.35 bits per heavy atom. The van der Waals surface area contributed by atoms with Gasteiger partial charge >= 0.3 is 0 Å². The Hall–Kier alpha value is -2.67. The number of amides is 1. The third kappa shape index (κ3) is 4.29. The highest BCUT2D eigenvalue weighted by atomic mass is 16.5. The molecular formula is C19H24N4O3. The van der Waals surface area contributed by atoms with Gasteiger partial charge in [0, 0.05) is 36.9 Å². The van der Waals surface area contributed by atoms with Gasteiger partial charge < -0.3 is 15.4 Å². The molecule has 0 spiro atoms. The minimum absolute atomic E-state index is 0.0217. The van der Waals surface area contributed by atoms with Crippen molar-refractivity contribution in [3.05, 3.63) is 46.2 Å². The molecule has 3 rings (SSSR count). The average molecular weight is 356 g/mol. The fourth-order valence-corrected chi connectivity index (χ4v) is 3.14. The molecule has 1 saturated heterocycles. The lowest BCUT2D eigenvalue weighted by Crippen LogP contribution is -2.39. The Labute approximate surface area is 152 Å². The molecule has 2 aromatic rings. The molecule has 7 nitrogen and oxygen atoms in total. The van der Waals surface area contributed by atoms with Crippen molar-refractivity contribution in [2.75, 3.05) is 25.4 Å². The number of benzene rings is 1. The standard InChI is InChI=1S/C19H24N4O3/c1-2-23(12-15-5-3-4-10-26-15)18(25)14-8-6-13(7-9-14)16-11-17(24)22-19(20)21-16/h6-9,11,15H,2-5,10,12H2,1H3,(H3,20,21,22,24)/t15-/m0/s1. The zero-order valence-corrected chi connectivity index (χ0v) is 14.9. The first-order chi connectivity index (χ1) is 12.6. The van der Waals surface area contributed by atoms with E-state index in [1.807, 2.05) is 11.8 Å². The minimum atomic E-state index is -0.308. The van der Waals surface area contributed by atoms with Crippen molar-refractivity contribution in [1.29, 1.82) is 0 Å². The topological polar surface area (TPSA) is 101 Å². The number of aromatic amines is 1. The second-order valence-electron chi connectivity index (χ2n) is 6.43. The number of likely N-dealkylation sites (N-methyl/N-ethyl adjacent to an activating group) is 1. The Morgan fingerprint density at radius 3 is 2.73 bits per heavy atom. The Morgan fingerprint density at radius 2 is 2.12 bits per heavy atom. The van der Waals surface area contributed by atoms with E-state index >= 15 is 0 Å². The summed E-state index contributed by atoms with van der Waals surface area (Å²) in [5, 5.41) is 0. The molecule has 2 heterocycles. The molecule has 1 atom stereocenters. The van der Waals surface area contributed by atoms with Crippen LogP contribution in [0.3, 0.4) is 0 Å². The van der Waals surface area contributed by atoms with Crippen LogP contribution >= 0.6 is 0 Å². The monoisotopic (exact) mass is 356 g/mol. The van der Waals surface area contributed by atoms with Crippen molar-refractivity contribution in [3.8, 4) is 11.3 Å². The van der Waals surface area contributed by atoms with Crippen LogP contribution in [0.15, 0.2) is 35.1 Å². The molecular weight excluding hydrogens is 332 g/mol. The lowest BCUT2D eigenvalue weighted by Gasteiger charge is -2.29. The number of hydrogen-bond donors (Lipinski definition) is 2. The molecule has 1 aromatic carbocycles. The normalized spacial score (nSPS) is 17.0. The summed E-state index contributed by atoms with van der Waals surface area (Å²) in [6, 6.07) is 8.44. The number of anilines is 1. The molecule has 7 heteroatoms. The van der Waals surface area contributed by atoms with Gasteiger partial charge in [0.25, 0.3) is 11.5 Å². The van der Waals surface area contributed by atoms with E-state index in [-0.39, 0.29) is 23.5 Å². The summed E-state index contributed by atoms with van der Waals surface area (Å²) in [6.07, 6.45) is 3.37. The number of H-pyrrole nitrogens is 1. The van der Waals surface area contributed by atoms with Crippen LogP contribution in [0.1, 0.15) is 36.5 Å². The molecule has 0 saturated carbocycles.